The Hall–Kier alpha value is -2.32. The normalized spacial score (nSPS) is 14.4. The molecule has 25 heavy (non-hydrogen) atoms. The highest BCUT2D eigenvalue weighted by Crippen LogP contribution is 2.17. The van der Waals surface area contributed by atoms with E-state index in [-0.39, 0.29) is 5.91 Å². The van der Waals surface area contributed by atoms with E-state index < -0.39 is 0 Å². The fraction of sp³-hybridized carbons (Fsp3) is 0.529. The molecule has 0 unspecified atom stereocenters. The van der Waals surface area contributed by atoms with Crippen LogP contribution in [0, 0.1) is 0 Å². The lowest BCUT2D eigenvalue weighted by atomic mass is 10.2. The van der Waals surface area contributed by atoms with E-state index in [0.717, 1.165) is 30.9 Å². The first-order chi connectivity index (χ1) is 12.1. The average molecular weight is 344 g/mol. The Morgan fingerprint density at radius 3 is 3.00 bits per heavy atom. The van der Waals surface area contributed by atoms with Crippen LogP contribution in [0.25, 0.3) is 0 Å². The van der Waals surface area contributed by atoms with Gasteiger partial charge >= 0.3 is 0 Å². The van der Waals surface area contributed by atoms with Crippen LogP contribution in [-0.4, -0.2) is 69.5 Å². The second-order valence-corrected chi connectivity index (χ2v) is 6.38. The van der Waals surface area contributed by atoms with Crippen LogP contribution >= 0.6 is 0 Å². The van der Waals surface area contributed by atoms with Gasteiger partial charge in [-0.15, -0.1) is 5.10 Å². The summed E-state index contributed by atoms with van der Waals surface area (Å²) in [5.41, 5.74) is 2.37. The SMILES string of the molecule is CN(C)CCOCc1nnn2c1CN(C(=O)c1cccnc1)CCC2. The predicted octanol–water partition coefficient (Wildman–Crippen LogP) is 0.797. The molecule has 134 valence electrons. The standard InChI is InChI=1S/C17H24N6O2/c1-21(2)9-10-25-13-15-16-12-22(7-4-8-23(16)20-19-15)17(24)14-5-3-6-18-11-14/h3,5-6,11H,4,7-10,12-13H2,1-2H3. The number of aryl methyl sites for hydroxylation is 1. The van der Waals surface area contributed by atoms with Crippen LogP contribution in [0.1, 0.15) is 28.2 Å². The summed E-state index contributed by atoms with van der Waals surface area (Å²) in [5.74, 6) is -0.0118. The number of carbonyl (C=O) groups is 1. The third-order valence-electron chi connectivity index (χ3n) is 4.17. The Kier molecular flexibility index (Phi) is 5.72. The van der Waals surface area contributed by atoms with Gasteiger partial charge in [0.2, 0.25) is 0 Å². The first kappa shape index (κ1) is 17.5. The number of amides is 1. The largest absolute Gasteiger partial charge is 0.374 e. The summed E-state index contributed by atoms with van der Waals surface area (Å²) in [6.07, 6.45) is 4.12. The van der Waals surface area contributed by atoms with E-state index in [1.165, 1.54) is 0 Å². The highest BCUT2D eigenvalue weighted by molar-refractivity contribution is 5.93. The number of fused-ring (bicyclic) bond motifs is 1. The molecule has 1 aliphatic heterocycles. The number of rotatable bonds is 6. The number of pyridine rings is 1. The lowest BCUT2D eigenvalue weighted by Crippen LogP contribution is -2.31. The van der Waals surface area contributed by atoms with Gasteiger partial charge in [-0.1, -0.05) is 5.21 Å². The summed E-state index contributed by atoms with van der Waals surface area (Å²) in [5, 5.41) is 8.47. The molecule has 0 aliphatic carbocycles. The molecule has 8 nitrogen and oxygen atoms in total. The maximum absolute atomic E-state index is 12.7. The van der Waals surface area contributed by atoms with Crippen molar-refractivity contribution in [2.75, 3.05) is 33.8 Å². The fourth-order valence-electron chi connectivity index (χ4n) is 2.77. The van der Waals surface area contributed by atoms with E-state index in [0.29, 0.717) is 31.9 Å². The molecular weight excluding hydrogens is 320 g/mol. The molecule has 0 N–H and O–H groups in total. The lowest BCUT2D eigenvalue weighted by Gasteiger charge is -2.20. The van der Waals surface area contributed by atoms with Crippen molar-refractivity contribution < 1.29 is 9.53 Å². The van der Waals surface area contributed by atoms with Crippen LogP contribution in [-0.2, 0) is 24.4 Å². The number of ether oxygens (including phenoxy) is 1. The number of hydrogen-bond donors (Lipinski definition) is 0. The summed E-state index contributed by atoms with van der Waals surface area (Å²) < 4.78 is 7.60. The third kappa shape index (κ3) is 4.40. The molecule has 0 saturated carbocycles. The maximum atomic E-state index is 12.7. The molecule has 8 heteroatoms. The van der Waals surface area contributed by atoms with Crippen molar-refractivity contribution >= 4 is 5.91 Å². The van der Waals surface area contributed by atoms with Crippen molar-refractivity contribution in [3.63, 3.8) is 0 Å². The van der Waals surface area contributed by atoms with Crippen molar-refractivity contribution in [3.05, 3.63) is 41.5 Å². The minimum atomic E-state index is -0.0118. The second kappa shape index (κ2) is 8.17. The van der Waals surface area contributed by atoms with Gasteiger partial charge < -0.3 is 14.5 Å². The second-order valence-electron chi connectivity index (χ2n) is 6.38. The van der Waals surface area contributed by atoms with Crippen LogP contribution < -0.4 is 0 Å². The van der Waals surface area contributed by atoms with Gasteiger partial charge in [0, 0.05) is 32.0 Å². The van der Waals surface area contributed by atoms with Gasteiger partial charge in [0.05, 0.1) is 31.0 Å². The van der Waals surface area contributed by atoms with E-state index in [1.807, 2.05) is 23.7 Å². The maximum Gasteiger partial charge on any atom is 0.255 e. The van der Waals surface area contributed by atoms with E-state index in [9.17, 15) is 4.79 Å². The van der Waals surface area contributed by atoms with Gasteiger partial charge in [0.15, 0.2) is 0 Å². The zero-order valence-corrected chi connectivity index (χ0v) is 14.8. The molecule has 1 aliphatic rings. The molecule has 0 atom stereocenters. The van der Waals surface area contributed by atoms with E-state index in [4.69, 9.17) is 4.74 Å². The summed E-state index contributed by atoms with van der Waals surface area (Å²) in [6.45, 7) is 3.85. The van der Waals surface area contributed by atoms with Crippen molar-refractivity contribution in [2.45, 2.75) is 26.1 Å². The minimum Gasteiger partial charge on any atom is -0.374 e. The molecule has 3 heterocycles. The molecule has 2 aromatic heterocycles. The lowest BCUT2D eigenvalue weighted by molar-refractivity contribution is 0.0740. The van der Waals surface area contributed by atoms with Crippen molar-refractivity contribution in [3.8, 4) is 0 Å². The van der Waals surface area contributed by atoms with E-state index in [1.54, 1.807) is 24.5 Å². The first-order valence-corrected chi connectivity index (χ1v) is 8.48. The molecule has 3 rings (SSSR count). The molecule has 1 amide bonds. The molecule has 2 aromatic rings. The van der Waals surface area contributed by atoms with Gasteiger partial charge in [-0.2, -0.15) is 0 Å². The number of likely N-dealkylation sites (N-methyl/N-ethyl adjacent to an activating group) is 1. The third-order valence-corrected chi connectivity index (χ3v) is 4.17. The minimum absolute atomic E-state index is 0.0118. The summed E-state index contributed by atoms with van der Waals surface area (Å²) in [7, 11) is 4.02. The zero-order valence-electron chi connectivity index (χ0n) is 14.8. The van der Waals surface area contributed by atoms with E-state index >= 15 is 0 Å². The quantitative estimate of drug-likeness (QED) is 0.722. The summed E-state index contributed by atoms with van der Waals surface area (Å²) >= 11 is 0. The van der Waals surface area contributed by atoms with Crippen LogP contribution in [0.2, 0.25) is 0 Å². The zero-order chi connectivity index (χ0) is 17.6. The Balaban J connectivity index is 1.69. The van der Waals surface area contributed by atoms with Crippen LogP contribution in [0.5, 0.6) is 0 Å². The molecule has 0 saturated heterocycles. The van der Waals surface area contributed by atoms with Gasteiger partial charge in [-0.05, 0) is 32.6 Å². The Labute approximate surface area is 147 Å². The van der Waals surface area contributed by atoms with Crippen LogP contribution in [0.15, 0.2) is 24.5 Å². The molecule has 0 radical (unpaired) electrons. The molecule has 0 fully saturated rings. The van der Waals surface area contributed by atoms with Gasteiger partial charge in [-0.3, -0.25) is 9.78 Å². The highest BCUT2D eigenvalue weighted by atomic mass is 16.5. The molecule has 0 spiro atoms. The molecule has 0 bridgehead atoms. The average Bonchev–Trinajstić information content (AvgIpc) is 2.86. The predicted molar refractivity (Wildman–Crippen MR) is 91.8 cm³/mol. The Morgan fingerprint density at radius 1 is 1.36 bits per heavy atom. The van der Waals surface area contributed by atoms with Crippen LogP contribution in [0.3, 0.4) is 0 Å². The number of aromatic nitrogens is 4. The topological polar surface area (TPSA) is 76.4 Å². The van der Waals surface area contributed by atoms with Crippen molar-refractivity contribution in [2.24, 2.45) is 0 Å². The fourth-order valence-corrected chi connectivity index (χ4v) is 2.77. The molecule has 0 aromatic carbocycles. The van der Waals surface area contributed by atoms with Crippen molar-refractivity contribution in [1.29, 1.82) is 0 Å². The Morgan fingerprint density at radius 2 is 2.24 bits per heavy atom. The number of nitrogens with zero attached hydrogens (tertiary/aromatic N) is 6. The van der Waals surface area contributed by atoms with Crippen molar-refractivity contribution in [1.82, 2.24) is 29.8 Å². The first-order valence-electron chi connectivity index (χ1n) is 8.48. The number of hydrogen-bond acceptors (Lipinski definition) is 6. The van der Waals surface area contributed by atoms with Crippen LogP contribution in [0.4, 0.5) is 0 Å². The van der Waals surface area contributed by atoms with E-state index in [2.05, 4.69) is 20.2 Å². The summed E-state index contributed by atoms with van der Waals surface area (Å²) in [6, 6.07) is 3.57. The molecular formula is C17H24N6O2. The number of carbonyl (C=O) groups excluding carboxylic acids is 1. The summed E-state index contributed by atoms with van der Waals surface area (Å²) in [4.78, 5) is 20.7. The van der Waals surface area contributed by atoms with Gasteiger partial charge in [0.1, 0.15) is 5.69 Å². The highest BCUT2D eigenvalue weighted by Gasteiger charge is 2.24. The smallest absolute Gasteiger partial charge is 0.255 e. The van der Waals surface area contributed by atoms with Gasteiger partial charge in [-0.25, -0.2) is 4.68 Å². The van der Waals surface area contributed by atoms with Gasteiger partial charge in [0.25, 0.3) is 5.91 Å². The Bertz CT molecular complexity index is 700. The monoisotopic (exact) mass is 344 g/mol.